The monoisotopic (exact) mass is 260 g/mol. The van der Waals surface area contributed by atoms with Crippen molar-refractivity contribution in [2.24, 2.45) is 0 Å². The first-order valence-electron chi connectivity index (χ1n) is 4.95. The Morgan fingerprint density at radius 3 is 2.50 bits per heavy atom. The number of nitrogens with one attached hydrogen (secondary N) is 1. The molecular formula is C11H8F4N2O. The van der Waals surface area contributed by atoms with Crippen LogP contribution in [0.4, 0.5) is 23.3 Å². The molecule has 0 unspecified atom stereocenters. The molecule has 0 spiro atoms. The molecule has 1 amide bonds. The predicted octanol–water partition coefficient (Wildman–Crippen LogP) is 3.42. The molecule has 0 saturated heterocycles. The second-order valence-electron chi connectivity index (χ2n) is 3.75. The lowest BCUT2D eigenvalue weighted by Crippen LogP contribution is -2.17. The van der Waals surface area contributed by atoms with Gasteiger partial charge >= 0.3 is 6.18 Å². The third kappa shape index (κ3) is 2.15. The molecule has 1 N–H and O–H groups in total. The van der Waals surface area contributed by atoms with E-state index >= 15 is 0 Å². The Balaban J connectivity index is 2.49. The summed E-state index contributed by atoms with van der Waals surface area (Å²) in [6.45, 7) is 1.01. The van der Waals surface area contributed by atoms with Gasteiger partial charge in [0.2, 0.25) is 0 Å². The second kappa shape index (κ2) is 4.01. The van der Waals surface area contributed by atoms with E-state index in [9.17, 15) is 22.4 Å². The number of anilines is 1. The number of hydrogen-bond acceptors (Lipinski definition) is 1. The maximum absolute atomic E-state index is 13.3. The minimum atomic E-state index is -4.49. The molecule has 18 heavy (non-hydrogen) atoms. The van der Waals surface area contributed by atoms with Crippen molar-refractivity contribution in [1.82, 2.24) is 4.98 Å². The summed E-state index contributed by atoms with van der Waals surface area (Å²) in [5, 5.41) is 0.163. The number of carbonyl (C=O) groups excluding carboxylic acids is 1. The first-order chi connectivity index (χ1) is 8.29. The zero-order valence-corrected chi connectivity index (χ0v) is 9.18. The first kappa shape index (κ1) is 12.4. The predicted molar refractivity (Wildman–Crippen MR) is 57.6 cm³/mol. The average Bonchev–Trinajstić information content (AvgIpc) is 2.69. The molecule has 0 aliphatic carbocycles. The van der Waals surface area contributed by atoms with Gasteiger partial charge < -0.3 is 4.98 Å². The van der Waals surface area contributed by atoms with Gasteiger partial charge in [-0.05, 0) is 18.2 Å². The Kier molecular flexibility index (Phi) is 2.76. The normalized spacial score (nSPS) is 11.8. The van der Waals surface area contributed by atoms with Crippen LogP contribution in [0.25, 0.3) is 10.9 Å². The highest BCUT2D eigenvalue weighted by Crippen LogP contribution is 2.32. The van der Waals surface area contributed by atoms with Gasteiger partial charge in [0.15, 0.2) is 0 Å². The van der Waals surface area contributed by atoms with Crippen molar-refractivity contribution in [1.29, 1.82) is 0 Å². The van der Waals surface area contributed by atoms with Gasteiger partial charge in [-0.1, -0.05) is 10.5 Å². The summed E-state index contributed by atoms with van der Waals surface area (Å²) in [6, 6.07) is 4.62. The lowest BCUT2D eigenvalue weighted by Gasteiger charge is -2.08. The van der Waals surface area contributed by atoms with Crippen molar-refractivity contribution >= 4 is 22.5 Å². The van der Waals surface area contributed by atoms with Gasteiger partial charge in [0.05, 0.1) is 5.69 Å². The maximum Gasteiger partial charge on any atom is 0.431 e. The van der Waals surface area contributed by atoms with Crippen molar-refractivity contribution < 1.29 is 22.4 Å². The summed E-state index contributed by atoms with van der Waals surface area (Å²) in [6.07, 6.45) is -4.49. The first-order valence-corrected chi connectivity index (χ1v) is 4.95. The van der Waals surface area contributed by atoms with E-state index in [2.05, 4.69) is 4.98 Å². The number of aromatic nitrogens is 1. The number of alkyl halides is 3. The molecule has 0 atom stereocenters. The number of halogens is 4. The van der Waals surface area contributed by atoms with Crippen molar-refractivity contribution in [3.63, 3.8) is 0 Å². The number of fused-ring (bicyclic) bond motifs is 1. The molecule has 0 bridgehead atoms. The number of carbonyl (C=O) groups is 1. The molecule has 0 aliphatic heterocycles. The van der Waals surface area contributed by atoms with Crippen LogP contribution < -0.4 is 5.12 Å². The largest absolute Gasteiger partial charge is 0.431 e. The average molecular weight is 260 g/mol. The SMILES string of the molecule is CC(=O)N(F)c1ccc2cc(C(F)(F)F)[nH]c2c1. The van der Waals surface area contributed by atoms with Crippen LogP contribution in [-0.4, -0.2) is 10.9 Å². The topological polar surface area (TPSA) is 36.1 Å². The van der Waals surface area contributed by atoms with Crippen LogP contribution in [0.2, 0.25) is 0 Å². The summed E-state index contributed by atoms with van der Waals surface area (Å²) >= 11 is 0. The third-order valence-corrected chi connectivity index (χ3v) is 2.41. The molecule has 7 heteroatoms. The fourth-order valence-corrected chi connectivity index (χ4v) is 1.57. The number of rotatable bonds is 1. The Labute approximate surface area is 98.9 Å². The third-order valence-electron chi connectivity index (χ3n) is 2.41. The van der Waals surface area contributed by atoms with Gasteiger partial charge in [-0.15, -0.1) is 5.12 Å². The number of H-pyrrole nitrogens is 1. The lowest BCUT2D eigenvalue weighted by molar-refractivity contribution is -0.140. The van der Waals surface area contributed by atoms with Gasteiger partial charge in [0.1, 0.15) is 5.69 Å². The summed E-state index contributed by atoms with van der Waals surface area (Å²) in [4.78, 5) is 12.9. The van der Waals surface area contributed by atoms with Crippen molar-refractivity contribution in [3.05, 3.63) is 30.0 Å². The zero-order chi connectivity index (χ0) is 13.5. The van der Waals surface area contributed by atoms with Crippen LogP contribution in [-0.2, 0) is 11.0 Å². The van der Waals surface area contributed by atoms with Crippen LogP contribution in [0.3, 0.4) is 0 Å². The summed E-state index contributed by atoms with van der Waals surface area (Å²) in [5.41, 5.74) is -0.919. The Hall–Kier alpha value is -2.05. The Morgan fingerprint density at radius 1 is 1.28 bits per heavy atom. The van der Waals surface area contributed by atoms with Crippen LogP contribution in [0.1, 0.15) is 12.6 Å². The summed E-state index contributed by atoms with van der Waals surface area (Å²) in [5.74, 6) is -0.850. The molecule has 2 aromatic rings. The minimum Gasteiger partial charge on any atom is -0.351 e. The molecule has 1 aromatic carbocycles. The van der Waals surface area contributed by atoms with E-state index in [-0.39, 0.29) is 16.3 Å². The van der Waals surface area contributed by atoms with Gasteiger partial charge in [0, 0.05) is 17.8 Å². The van der Waals surface area contributed by atoms with Gasteiger partial charge in [0.25, 0.3) is 5.91 Å². The van der Waals surface area contributed by atoms with Crippen LogP contribution in [0.5, 0.6) is 0 Å². The number of amides is 1. The molecular weight excluding hydrogens is 252 g/mol. The zero-order valence-electron chi connectivity index (χ0n) is 9.18. The number of nitrogens with zero attached hydrogens (tertiary/aromatic N) is 1. The summed E-state index contributed by atoms with van der Waals surface area (Å²) < 4.78 is 50.6. The van der Waals surface area contributed by atoms with Gasteiger partial charge in [-0.25, -0.2) is 0 Å². The van der Waals surface area contributed by atoms with E-state index < -0.39 is 17.8 Å². The lowest BCUT2D eigenvalue weighted by atomic mass is 10.2. The fourth-order valence-electron chi connectivity index (χ4n) is 1.57. The highest BCUT2D eigenvalue weighted by Gasteiger charge is 2.32. The number of aromatic amines is 1. The number of benzene rings is 1. The maximum atomic E-state index is 13.3. The highest BCUT2D eigenvalue weighted by atomic mass is 19.4. The Morgan fingerprint density at radius 2 is 1.94 bits per heavy atom. The van der Waals surface area contributed by atoms with E-state index in [0.29, 0.717) is 5.39 Å². The number of hydrogen-bond donors (Lipinski definition) is 1. The van der Waals surface area contributed by atoms with Crippen LogP contribution >= 0.6 is 0 Å². The fraction of sp³-hybridized carbons (Fsp3) is 0.182. The van der Waals surface area contributed by atoms with E-state index in [0.717, 1.165) is 19.1 Å². The summed E-state index contributed by atoms with van der Waals surface area (Å²) in [7, 11) is 0. The van der Waals surface area contributed by atoms with Crippen molar-refractivity contribution in [2.75, 3.05) is 5.12 Å². The molecule has 0 saturated carbocycles. The molecule has 0 radical (unpaired) electrons. The van der Waals surface area contributed by atoms with Crippen molar-refractivity contribution in [3.8, 4) is 0 Å². The molecule has 2 rings (SSSR count). The molecule has 0 fully saturated rings. The van der Waals surface area contributed by atoms with Gasteiger partial charge in [-0.3, -0.25) is 4.79 Å². The standard InChI is InChI=1S/C11H8F4N2O/c1-6(18)17(15)8-3-2-7-4-10(11(12,13)14)16-9(7)5-8/h2-5,16H,1H3. The molecule has 3 nitrogen and oxygen atoms in total. The van der Waals surface area contributed by atoms with E-state index in [1.165, 1.54) is 12.1 Å². The minimum absolute atomic E-state index is 0.115. The van der Waals surface area contributed by atoms with Crippen LogP contribution in [0, 0.1) is 0 Å². The smallest absolute Gasteiger partial charge is 0.351 e. The molecule has 1 heterocycles. The van der Waals surface area contributed by atoms with Crippen molar-refractivity contribution in [2.45, 2.75) is 13.1 Å². The van der Waals surface area contributed by atoms with E-state index in [4.69, 9.17) is 0 Å². The van der Waals surface area contributed by atoms with Crippen LogP contribution in [0.15, 0.2) is 24.3 Å². The molecule has 0 aliphatic rings. The second-order valence-corrected chi connectivity index (χ2v) is 3.75. The molecule has 1 aromatic heterocycles. The quantitative estimate of drug-likeness (QED) is 0.619. The van der Waals surface area contributed by atoms with E-state index in [1.54, 1.807) is 0 Å². The highest BCUT2D eigenvalue weighted by molar-refractivity contribution is 5.92. The van der Waals surface area contributed by atoms with E-state index in [1.807, 2.05) is 0 Å². The Bertz CT molecular complexity index is 603. The van der Waals surface area contributed by atoms with Gasteiger partial charge in [-0.2, -0.15) is 13.2 Å². The molecule has 96 valence electrons.